The van der Waals surface area contributed by atoms with Crippen molar-refractivity contribution in [2.45, 2.75) is 32.0 Å². The number of carbonyl (C=O) groups excluding carboxylic acids is 1. The Kier molecular flexibility index (Phi) is 3.90. The summed E-state index contributed by atoms with van der Waals surface area (Å²) in [5.74, 6) is 0.269. The standard InChI is InChI=1S/C11H15BrOS/c1-11(2,3)10(13)9(12)7-8-5-4-6-14-8/h4-6,9H,7H2,1-3H3. The maximum atomic E-state index is 11.8. The smallest absolute Gasteiger partial charge is 0.152 e. The second-order valence-corrected chi connectivity index (χ2v) is 6.50. The van der Waals surface area contributed by atoms with E-state index in [0.717, 1.165) is 6.42 Å². The molecule has 0 radical (unpaired) electrons. The zero-order chi connectivity index (χ0) is 10.8. The lowest BCUT2D eigenvalue weighted by Crippen LogP contribution is -2.29. The van der Waals surface area contributed by atoms with Gasteiger partial charge in [-0.1, -0.05) is 42.8 Å². The molecule has 0 spiro atoms. The molecule has 1 unspecified atom stereocenters. The van der Waals surface area contributed by atoms with Crippen molar-refractivity contribution >= 4 is 33.0 Å². The second kappa shape index (κ2) is 4.58. The molecule has 0 aromatic carbocycles. The van der Waals surface area contributed by atoms with Crippen LogP contribution < -0.4 is 0 Å². The van der Waals surface area contributed by atoms with Crippen LogP contribution in [0.1, 0.15) is 25.6 Å². The fourth-order valence-corrected chi connectivity index (χ4v) is 3.17. The Morgan fingerprint density at radius 3 is 2.64 bits per heavy atom. The largest absolute Gasteiger partial charge is 0.298 e. The molecule has 1 rings (SSSR count). The second-order valence-electron chi connectivity index (χ2n) is 4.37. The van der Waals surface area contributed by atoms with Crippen molar-refractivity contribution in [3.63, 3.8) is 0 Å². The van der Waals surface area contributed by atoms with Gasteiger partial charge in [0.15, 0.2) is 5.78 Å². The molecule has 0 bridgehead atoms. The van der Waals surface area contributed by atoms with E-state index >= 15 is 0 Å². The summed E-state index contributed by atoms with van der Waals surface area (Å²) in [4.78, 5) is 13.0. The van der Waals surface area contributed by atoms with Crippen LogP contribution in [0, 0.1) is 5.41 Å². The molecular weight excluding hydrogens is 260 g/mol. The normalized spacial score (nSPS) is 14.0. The molecule has 14 heavy (non-hydrogen) atoms. The van der Waals surface area contributed by atoms with Gasteiger partial charge in [-0.2, -0.15) is 0 Å². The fraction of sp³-hybridized carbons (Fsp3) is 0.545. The van der Waals surface area contributed by atoms with E-state index < -0.39 is 0 Å². The van der Waals surface area contributed by atoms with E-state index in [1.165, 1.54) is 4.88 Å². The zero-order valence-corrected chi connectivity index (χ0v) is 11.1. The number of ketones is 1. The van der Waals surface area contributed by atoms with Crippen LogP contribution in [0.15, 0.2) is 17.5 Å². The van der Waals surface area contributed by atoms with Crippen LogP contribution >= 0.6 is 27.3 Å². The van der Waals surface area contributed by atoms with Gasteiger partial charge >= 0.3 is 0 Å². The molecule has 0 aliphatic carbocycles. The SMILES string of the molecule is CC(C)(C)C(=O)C(Br)Cc1cccs1. The van der Waals surface area contributed by atoms with Crippen LogP contribution in [0.25, 0.3) is 0 Å². The van der Waals surface area contributed by atoms with E-state index in [1.54, 1.807) is 11.3 Å². The average Bonchev–Trinajstić information content (AvgIpc) is 2.53. The van der Waals surface area contributed by atoms with Gasteiger partial charge in [0.2, 0.25) is 0 Å². The summed E-state index contributed by atoms with van der Waals surface area (Å²) in [6, 6.07) is 4.08. The third-order valence-corrected chi connectivity index (χ3v) is 3.62. The van der Waals surface area contributed by atoms with Crippen LogP contribution in [-0.2, 0) is 11.2 Å². The molecule has 0 saturated heterocycles. The number of halogens is 1. The molecule has 1 aromatic heterocycles. The minimum atomic E-state index is -0.259. The number of rotatable bonds is 3. The van der Waals surface area contributed by atoms with Crippen molar-refractivity contribution in [1.29, 1.82) is 0 Å². The Morgan fingerprint density at radius 1 is 1.57 bits per heavy atom. The molecular formula is C11H15BrOS. The summed E-state index contributed by atoms with van der Waals surface area (Å²) in [6.45, 7) is 5.87. The van der Waals surface area contributed by atoms with Gasteiger partial charge in [0.1, 0.15) is 0 Å². The highest BCUT2D eigenvalue weighted by atomic mass is 79.9. The lowest BCUT2D eigenvalue weighted by molar-refractivity contribution is -0.125. The minimum Gasteiger partial charge on any atom is -0.298 e. The summed E-state index contributed by atoms with van der Waals surface area (Å²) in [7, 11) is 0. The van der Waals surface area contributed by atoms with E-state index in [4.69, 9.17) is 0 Å². The Hall–Kier alpha value is -0.150. The van der Waals surface area contributed by atoms with Crippen LogP contribution in [0.2, 0.25) is 0 Å². The first-order valence-corrected chi connectivity index (χ1v) is 6.41. The first-order valence-electron chi connectivity index (χ1n) is 4.62. The Labute approximate surface area is 97.7 Å². The lowest BCUT2D eigenvalue weighted by Gasteiger charge is -2.20. The molecule has 3 heteroatoms. The quantitative estimate of drug-likeness (QED) is 0.769. The average molecular weight is 275 g/mol. The number of alkyl halides is 1. The van der Waals surface area contributed by atoms with Crippen LogP contribution in [0.5, 0.6) is 0 Å². The highest BCUT2D eigenvalue weighted by molar-refractivity contribution is 9.10. The Bertz CT molecular complexity index is 298. The van der Waals surface area contributed by atoms with Crippen molar-refractivity contribution < 1.29 is 4.79 Å². The van der Waals surface area contributed by atoms with Gasteiger partial charge in [-0.15, -0.1) is 11.3 Å². The van der Waals surface area contributed by atoms with E-state index in [1.807, 2.05) is 32.2 Å². The van der Waals surface area contributed by atoms with Gasteiger partial charge in [-0.25, -0.2) is 0 Å². The topological polar surface area (TPSA) is 17.1 Å². The maximum absolute atomic E-state index is 11.8. The molecule has 0 aliphatic heterocycles. The zero-order valence-electron chi connectivity index (χ0n) is 8.71. The molecule has 0 N–H and O–H groups in total. The highest BCUT2D eigenvalue weighted by Crippen LogP contribution is 2.24. The van der Waals surface area contributed by atoms with Gasteiger partial charge in [0, 0.05) is 16.7 Å². The van der Waals surface area contributed by atoms with Crippen LogP contribution in [0.4, 0.5) is 0 Å². The monoisotopic (exact) mass is 274 g/mol. The molecule has 1 atom stereocenters. The molecule has 1 aromatic rings. The van der Waals surface area contributed by atoms with E-state index in [-0.39, 0.29) is 16.0 Å². The first kappa shape index (κ1) is 11.9. The van der Waals surface area contributed by atoms with E-state index in [0.29, 0.717) is 0 Å². The van der Waals surface area contributed by atoms with Crippen LogP contribution in [0.3, 0.4) is 0 Å². The summed E-state index contributed by atoms with van der Waals surface area (Å²) in [5.41, 5.74) is -0.259. The maximum Gasteiger partial charge on any atom is 0.152 e. The van der Waals surface area contributed by atoms with Gasteiger partial charge in [-0.05, 0) is 11.4 Å². The van der Waals surface area contributed by atoms with Crippen molar-refractivity contribution in [2.75, 3.05) is 0 Å². The summed E-state index contributed by atoms with van der Waals surface area (Å²) < 4.78 is 0. The van der Waals surface area contributed by atoms with Gasteiger partial charge in [0.05, 0.1) is 4.83 Å². The Morgan fingerprint density at radius 2 is 2.21 bits per heavy atom. The van der Waals surface area contributed by atoms with Gasteiger partial charge in [0.25, 0.3) is 0 Å². The third-order valence-electron chi connectivity index (χ3n) is 1.98. The number of thiophene rings is 1. The summed E-state index contributed by atoms with van der Waals surface area (Å²) in [5, 5.41) is 2.04. The van der Waals surface area contributed by atoms with E-state index in [2.05, 4.69) is 22.0 Å². The number of Topliss-reactive ketones (excluding diaryl/α,β-unsaturated/α-hetero) is 1. The van der Waals surface area contributed by atoms with Crippen molar-refractivity contribution in [3.05, 3.63) is 22.4 Å². The van der Waals surface area contributed by atoms with E-state index in [9.17, 15) is 4.79 Å². The number of carbonyl (C=O) groups is 1. The van der Waals surface area contributed by atoms with Crippen LogP contribution in [-0.4, -0.2) is 10.6 Å². The van der Waals surface area contributed by atoms with Crippen molar-refractivity contribution in [1.82, 2.24) is 0 Å². The van der Waals surface area contributed by atoms with Gasteiger partial charge in [-0.3, -0.25) is 4.79 Å². The summed E-state index contributed by atoms with van der Waals surface area (Å²) in [6.07, 6.45) is 0.799. The molecule has 0 fully saturated rings. The molecule has 0 saturated carbocycles. The van der Waals surface area contributed by atoms with Crippen molar-refractivity contribution in [2.24, 2.45) is 5.41 Å². The highest BCUT2D eigenvalue weighted by Gasteiger charge is 2.27. The van der Waals surface area contributed by atoms with Crippen molar-refractivity contribution in [3.8, 4) is 0 Å². The lowest BCUT2D eigenvalue weighted by atomic mass is 9.88. The molecule has 78 valence electrons. The minimum absolute atomic E-state index is 0.0545. The predicted octanol–water partition coefficient (Wildman–Crippen LogP) is 3.67. The Balaban J connectivity index is 2.59. The summed E-state index contributed by atoms with van der Waals surface area (Å²) >= 11 is 5.15. The fourth-order valence-electron chi connectivity index (χ4n) is 1.17. The number of hydrogen-bond acceptors (Lipinski definition) is 2. The molecule has 1 nitrogen and oxygen atoms in total. The molecule has 1 heterocycles. The molecule has 0 amide bonds. The third kappa shape index (κ3) is 3.21. The van der Waals surface area contributed by atoms with Gasteiger partial charge < -0.3 is 0 Å². The predicted molar refractivity (Wildman–Crippen MR) is 65.2 cm³/mol. The molecule has 0 aliphatic rings. The number of hydrogen-bond donors (Lipinski definition) is 0. The first-order chi connectivity index (χ1) is 6.41.